The van der Waals surface area contributed by atoms with Gasteiger partial charge in [0, 0.05) is 38.9 Å². The molecule has 2 fully saturated rings. The number of ketones is 1. The van der Waals surface area contributed by atoms with Crippen LogP contribution in [0.2, 0.25) is 0 Å². The van der Waals surface area contributed by atoms with Crippen LogP contribution in [0.5, 0.6) is 0 Å². The molecule has 2 heterocycles. The third-order valence-electron chi connectivity index (χ3n) is 9.71. The first-order valence-electron chi connectivity index (χ1n) is 20.7. The van der Waals surface area contributed by atoms with E-state index in [1.807, 2.05) is 30.3 Å². The summed E-state index contributed by atoms with van der Waals surface area (Å²) < 4.78 is 26.9. The first-order valence-corrected chi connectivity index (χ1v) is 20.7. The predicted molar refractivity (Wildman–Crippen MR) is 216 cm³/mol. The molecule has 0 saturated carbocycles. The second-order valence-corrected chi connectivity index (χ2v) is 15.9. The summed E-state index contributed by atoms with van der Waals surface area (Å²) in [4.78, 5) is 79.3. The lowest BCUT2D eigenvalue weighted by Gasteiger charge is -2.33. The quantitative estimate of drug-likeness (QED) is 0.0782. The first-order chi connectivity index (χ1) is 27.8. The fourth-order valence-corrected chi connectivity index (χ4v) is 6.75. The molecule has 326 valence electrons. The van der Waals surface area contributed by atoms with Crippen LogP contribution < -0.4 is 21.3 Å². The molecule has 0 bridgehead atoms. The molecule has 0 spiro atoms. The van der Waals surface area contributed by atoms with Gasteiger partial charge in [-0.1, -0.05) is 30.3 Å². The van der Waals surface area contributed by atoms with Gasteiger partial charge in [0.1, 0.15) is 30.1 Å². The number of carbonyl (C=O) groups excluding carboxylic acids is 6. The molecule has 2 aliphatic rings. The predicted octanol–water partition coefficient (Wildman–Crippen LogP) is 1.72. The van der Waals surface area contributed by atoms with E-state index in [1.54, 1.807) is 25.7 Å². The van der Waals surface area contributed by atoms with Crippen LogP contribution in [0.15, 0.2) is 30.3 Å². The van der Waals surface area contributed by atoms with Crippen LogP contribution in [0.3, 0.4) is 0 Å². The van der Waals surface area contributed by atoms with Crippen molar-refractivity contribution in [3.05, 3.63) is 35.9 Å². The third kappa shape index (κ3) is 20.6. The van der Waals surface area contributed by atoms with E-state index in [-0.39, 0.29) is 64.0 Å². The lowest BCUT2D eigenvalue weighted by Crippen LogP contribution is -2.56. The van der Waals surface area contributed by atoms with E-state index in [1.165, 1.54) is 6.92 Å². The van der Waals surface area contributed by atoms with Crippen molar-refractivity contribution in [1.29, 1.82) is 0 Å². The van der Waals surface area contributed by atoms with Crippen LogP contribution in [0.4, 0.5) is 0 Å². The highest BCUT2D eigenvalue weighted by molar-refractivity contribution is 5.95. The minimum atomic E-state index is -1.19. The fraction of sp³-hybridized carbons (Fsp3) is 0.714. The molecular weight excluding hydrogens is 750 g/mol. The Balaban J connectivity index is 1.40. The number of amides is 4. The second kappa shape index (κ2) is 26.9. The van der Waals surface area contributed by atoms with Crippen LogP contribution in [-0.2, 0) is 58.9 Å². The molecule has 1 aromatic carbocycles. The van der Waals surface area contributed by atoms with E-state index in [0.29, 0.717) is 58.2 Å². The van der Waals surface area contributed by atoms with Crippen molar-refractivity contribution in [1.82, 2.24) is 26.2 Å². The Labute approximate surface area is 343 Å². The number of hydrogen-bond acceptors (Lipinski definition) is 12. The van der Waals surface area contributed by atoms with Crippen molar-refractivity contribution in [3.63, 3.8) is 0 Å². The van der Waals surface area contributed by atoms with Gasteiger partial charge in [-0.3, -0.25) is 24.0 Å². The fourth-order valence-electron chi connectivity index (χ4n) is 6.75. The van der Waals surface area contributed by atoms with Crippen LogP contribution in [0.1, 0.15) is 78.2 Å². The monoisotopic (exact) mass is 817 g/mol. The highest BCUT2D eigenvalue weighted by Gasteiger charge is 2.33. The molecule has 4 amide bonds. The molecule has 4 N–H and O–H groups in total. The molecule has 0 radical (unpaired) electrons. The zero-order valence-electron chi connectivity index (χ0n) is 35.0. The maximum absolute atomic E-state index is 13.7. The minimum Gasteiger partial charge on any atom is -0.458 e. The Bertz CT molecular complexity index is 1420. The van der Waals surface area contributed by atoms with Gasteiger partial charge in [-0.2, -0.15) is 0 Å². The number of likely N-dealkylation sites (tertiary alicyclic amines) is 1. The van der Waals surface area contributed by atoms with Gasteiger partial charge in [-0.15, -0.1) is 0 Å². The Morgan fingerprint density at radius 2 is 1.45 bits per heavy atom. The Kier molecular flexibility index (Phi) is 22.5. The Hall–Kier alpha value is -3.96. The molecule has 2 saturated heterocycles. The molecule has 0 aliphatic carbocycles. The number of nitrogens with one attached hydrogen (secondary N) is 4. The molecule has 1 unspecified atom stereocenters. The SMILES string of the molecule is CC(=O)C[C@H](NC(=O)C1CCCN(C(=O)CCC2CCNCC2)C1)C(=O)N[C@@H](Cc1ccccc1)C(=O)NCCOCCOCCOCCOCC(=O)OC(C)(C)C. The molecule has 58 heavy (non-hydrogen) atoms. The normalized spacial score (nSPS) is 17.2. The van der Waals surface area contributed by atoms with Crippen molar-refractivity contribution >= 4 is 35.4 Å². The summed E-state index contributed by atoms with van der Waals surface area (Å²) in [6.07, 6.45) is 4.60. The summed E-state index contributed by atoms with van der Waals surface area (Å²) in [5.41, 5.74) is 0.255. The minimum absolute atomic E-state index is 0.0432. The molecule has 3 rings (SSSR count). The van der Waals surface area contributed by atoms with Crippen LogP contribution in [0.25, 0.3) is 0 Å². The van der Waals surface area contributed by atoms with Gasteiger partial charge in [0.05, 0.1) is 52.2 Å². The average molecular weight is 818 g/mol. The number of esters is 1. The number of piperidine rings is 2. The third-order valence-corrected chi connectivity index (χ3v) is 9.71. The first kappa shape index (κ1) is 48.4. The van der Waals surface area contributed by atoms with E-state index in [0.717, 1.165) is 37.9 Å². The van der Waals surface area contributed by atoms with Gasteiger partial charge in [-0.05, 0) is 84.4 Å². The number of benzene rings is 1. The maximum Gasteiger partial charge on any atom is 0.332 e. The summed E-state index contributed by atoms with van der Waals surface area (Å²) in [7, 11) is 0. The number of hydrogen-bond donors (Lipinski definition) is 4. The highest BCUT2D eigenvalue weighted by Crippen LogP contribution is 2.22. The second-order valence-electron chi connectivity index (χ2n) is 15.9. The molecule has 3 atom stereocenters. The van der Waals surface area contributed by atoms with Gasteiger partial charge < -0.3 is 49.9 Å². The lowest BCUT2D eigenvalue weighted by atomic mass is 9.92. The van der Waals surface area contributed by atoms with Crippen molar-refractivity contribution in [3.8, 4) is 0 Å². The lowest BCUT2D eigenvalue weighted by molar-refractivity contribution is -0.160. The topological polar surface area (TPSA) is 200 Å². The molecule has 16 nitrogen and oxygen atoms in total. The maximum atomic E-state index is 13.7. The zero-order chi connectivity index (χ0) is 42.2. The number of ether oxygens (including phenoxy) is 5. The van der Waals surface area contributed by atoms with E-state index < -0.39 is 47.3 Å². The number of Topliss-reactive ketones (excluding diaryl/α,β-unsaturated/α-hetero) is 1. The molecule has 2 aliphatic heterocycles. The molecular formula is C42H67N5O11. The van der Waals surface area contributed by atoms with Crippen LogP contribution >= 0.6 is 0 Å². The van der Waals surface area contributed by atoms with E-state index in [2.05, 4.69) is 21.3 Å². The number of nitrogens with zero attached hydrogens (tertiary/aromatic N) is 1. The molecule has 0 aromatic heterocycles. The number of rotatable bonds is 26. The Morgan fingerprint density at radius 1 is 0.810 bits per heavy atom. The van der Waals surface area contributed by atoms with E-state index >= 15 is 0 Å². The largest absolute Gasteiger partial charge is 0.458 e. The van der Waals surface area contributed by atoms with E-state index in [4.69, 9.17) is 23.7 Å². The van der Waals surface area contributed by atoms with Crippen molar-refractivity contribution < 1.29 is 52.5 Å². The van der Waals surface area contributed by atoms with Crippen molar-refractivity contribution in [2.45, 2.75) is 96.7 Å². The molecule has 1 aromatic rings. The Morgan fingerprint density at radius 3 is 2.09 bits per heavy atom. The summed E-state index contributed by atoms with van der Waals surface area (Å²) in [6, 6.07) is 7.04. The van der Waals surface area contributed by atoms with Gasteiger partial charge in [-0.25, -0.2) is 4.79 Å². The van der Waals surface area contributed by atoms with E-state index in [9.17, 15) is 28.8 Å². The van der Waals surface area contributed by atoms with Crippen LogP contribution in [-0.4, -0.2) is 144 Å². The zero-order valence-corrected chi connectivity index (χ0v) is 35.0. The van der Waals surface area contributed by atoms with Crippen molar-refractivity contribution in [2.24, 2.45) is 11.8 Å². The summed E-state index contributed by atoms with van der Waals surface area (Å²) in [5.74, 6) is -2.13. The van der Waals surface area contributed by atoms with Crippen molar-refractivity contribution in [2.75, 3.05) is 85.6 Å². The summed E-state index contributed by atoms with van der Waals surface area (Å²) in [6.45, 7) is 11.6. The molecule has 16 heteroatoms. The smallest absolute Gasteiger partial charge is 0.332 e. The van der Waals surface area contributed by atoms with Gasteiger partial charge in [0.15, 0.2) is 0 Å². The standard InChI is InChI=1S/C42H67N5O11/c1-31(48)27-35(45-39(51)34-11-8-19-47(29-34)37(49)13-12-32-14-16-43-17-15-32)41(53)46-36(28-33-9-6-5-7-10-33)40(52)44-18-20-54-21-22-55-23-24-56-25-26-57-30-38(50)58-42(2,3)4/h5-7,9-10,32,34-36,43H,8,11-30H2,1-4H3,(H,44,52)(H,45,51)(H,46,53)/t34?,35-,36-/m0/s1. The average Bonchev–Trinajstić information content (AvgIpc) is 3.19. The van der Waals surface area contributed by atoms with Crippen LogP contribution in [0, 0.1) is 11.8 Å². The van der Waals surface area contributed by atoms with Gasteiger partial charge >= 0.3 is 5.97 Å². The van der Waals surface area contributed by atoms with Gasteiger partial charge in [0.2, 0.25) is 23.6 Å². The summed E-state index contributed by atoms with van der Waals surface area (Å²) in [5, 5.41) is 11.7. The van der Waals surface area contributed by atoms with Gasteiger partial charge in [0.25, 0.3) is 0 Å². The highest BCUT2D eigenvalue weighted by atomic mass is 16.6. The summed E-state index contributed by atoms with van der Waals surface area (Å²) >= 11 is 0. The number of carbonyl (C=O) groups is 6.